The van der Waals surface area contributed by atoms with E-state index in [1.807, 2.05) is 24.3 Å². The number of hydrogen-bond donors (Lipinski definition) is 2. The minimum absolute atomic E-state index is 0.257. The van der Waals surface area contributed by atoms with Gasteiger partial charge in [-0.25, -0.2) is 0 Å². The number of nitrogens with one attached hydrogen (secondary N) is 2. The number of halogens is 1. The molecule has 1 heterocycles. The van der Waals surface area contributed by atoms with E-state index < -0.39 is 0 Å². The maximum absolute atomic E-state index is 12.1. The number of benzene rings is 3. The fourth-order valence-corrected chi connectivity index (χ4v) is 4.17. The SMILES string of the molecule is O=C(/C=C/c1ccc(Cl)cc1)NC(=S)Nc1ccc(N2CCN(Cc3ccccc3)CC2)cc1. The van der Waals surface area contributed by atoms with Crippen LogP contribution in [-0.2, 0) is 11.3 Å². The Morgan fingerprint density at radius 1 is 0.912 bits per heavy atom. The third kappa shape index (κ3) is 7.15. The van der Waals surface area contributed by atoms with Gasteiger partial charge in [0, 0.05) is 55.2 Å². The molecule has 0 aromatic heterocycles. The maximum atomic E-state index is 12.1. The number of carbonyl (C=O) groups excluding carboxylic acids is 1. The van der Waals surface area contributed by atoms with Gasteiger partial charge in [-0.2, -0.15) is 0 Å². The van der Waals surface area contributed by atoms with Crippen LogP contribution in [0.2, 0.25) is 5.02 Å². The highest BCUT2D eigenvalue weighted by atomic mass is 35.5. The predicted octanol–water partition coefficient (Wildman–Crippen LogP) is 5.19. The molecule has 1 amide bonds. The lowest BCUT2D eigenvalue weighted by atomic mass is 10.2. The number of hydrogen-bond acceptors (Lipinski definition) is 4. The van der Waals surface area contributed by atoms with Crippen molar-refractivity contribution in [1.82, 2.24) is 10.2 Å². The second-order valence-corrected chi connectivity index (χ2v) is 8.97. The molecule has 1 aliphatic rings. The highest BCUT2D eigenvalue weighted by Crippen LogP contribution is 2.20. The van der Waals surface area contributed by atoms with Crippen molar-refractivity contribution in [3.8, 4) is 0 Å². The van der Waals surface area contributed by atoms with Gasteiger partial charge < -0.3 is 10.2 Å². The normalized spacial score (nSPS) is 14.2. The Morgan fingerprint density at radius 3 is 2.26 bits per heavy atom. The first-order valence-corrected chi connectivity index (χ1v) is 12.0. The topological polar surface area (TPSA) is 47.6 Å². The first-order chi connectivity index (χ1) is 16.5. The molecule has 2 N–H and O–H groups in total. The first-order valence-electron chi connectivity index (χ1n) is 11.2. The van der Waals surface area contributed by atoms with E-state index in [-0.39, 0.29) is 11.0 Å². The standard InChI is InChI=1S/C27H27ClN4OS/c28-23-9-6-21(7-10-23)8-15-26(33)30-27(34)29-24-11-13-25(14-12-24)32-18-16-31(17-19-32)20-22-4-2-1-3-5-22/h1-15H,16-20H2,(H2,29,30,33,34)/b15-8+. The fourth-order valence-electron chi connectivity index (χ4n) is 3.82. The second-order valence-electron chi connectivity index (χ2n) is 8.12. The van der Waals surface area contributed by atoms with Crippen LogP contribution in [0.15, 0.2) is 84.9 Å². The van der Waals surface area contributed by atoms with Gasteiger partial charge in [0.2, 0.25) is 5.91 Å². The van der Waals surface area contributed by atoms with Crippen LogP contribution in [0, 0.1) is 0 Å². The van der Waals surface area contributed by atoms with E-state index in [1.165, 1.54) is 17.3 Å². The van der Waals surface area contributed by atoms with Gasteiger partial charge in [-0.3, -0.25) is 15.0 Å². The summed E-state index contributed by atoms with van der Waals surface area (Å²) in [7, 11) is 0. The molecule has 34 heavy (non-hydrogen) atoms. The number of anilines is 2. The van der Waals surface area contributed by atoms with Crippen molar-refractivity contribution >= 4 is 52.3 Å². The van der Waals surface area contributed by atoms with Crippen molar-refractivity contribution < 1.29 is 4.79 Å². The molecule has 1 aliphatic heterocycles. The maximum Gasteiger partial charge on any atom is 0.250 e. The summed E-state index contributed by atoms with van der Waals surface area (Å²) in [5.41, 5.74) is 4.26. The molecule has 0 aliphatic carbocycles. The molecule has 3 aromatic rings. The number of carbonyl (C=O) groups is 1. The third-order valence-electron chi connectivity index (χ3n) is 5.65. The van der Waals surface area contributed by atoms with Crippen LogP contribution >= 0.6 is 23.8 Å². The summed E-state index contributed by atoms with van der Waals surface area (Å²) in [6, 6.07) is 26.0. The Morgan fingerprint density at radius 2 is 1.59 bits per heavy atom. The van der Waals surface area contributed by atoms with Crippen LogP contribution in [0.25, 0.3) is 6.08 Å². The zero-order valence-corrected chi connectivity index (χ0v) is 20.4. The van der Waals surface area contributed by atoms with Crippen molar-refractivity contribution in [2.45, 2.75) is 6.54 Å². The Kier molecular flexibility index (Phi) is 8.31. The van der Waals surface area contributed by atoms with Crippen molar-refractivity contribution in [3.63, 3.8) is 0 Å². The molecule has 0 unspecified atom stereocenters. The molecule has 5 nitrogen and oxygen atoms in total. The molecule has 3 aromatic carbocycles. The minimum Gasteiger partial charge on any atom is -0.369 e. The van der Waals surface area contributed by atoms with Gasteiger partial charge in [0.05, 0.1) is 0 Å². The first kappa shape index (κ1) is 24.0. The van der Waals surface area contributed by atoms with Crippen molar-refractivity contribution in [2.24, 2.45) is 0 Å². The van der Waals surface area contributed by atoms with E-state index in [9.17, 15) is 4.79 Å². The highest BCUT2D eigenvalue weighted by Gasteiger charge is 2.17. The fraction of sp³-hybridized carbons (Fsp3) is 0.185. The highest BCUT2D eigenvalue weighted by molar-refractivity contribution is 7.80. The summed E-state index contributed by atoms with van der Waals surface area (Å²) in [5.74, 6) is -0.294. The predicted molar refractivity (Wildman–Crippen MR) is 145 cm³/mol. The smallest absolute Gasteiger partial charge is 0.250 e. The average Bonchev–Trinajstić information content (AvgIpc) is 2.85. The van der Waals surface area contributed by atoms with Gasteiger partial charge in [0.25, 0.3) is 0 Å². The summed E-state index contributed by atoms with van der Waals surface area (Å²) in [6.07, 6.45) is 3.15. The van der Waals surface area contributed by atoms with Crippen LogP contribution in [0.5, 0.6) is 0 Å². The quantitative estimate of drug-likeness (QED) is 0.368. The number of amides is 1. The van der Waals surface area contributed by atoms with E-state index in [1.54, 1.807) is 18.2 Å². The van der Waals surface area contributed by atoms with E-state index in [0.717, 1.165) is 44.0 Å². The molecule has 0 saturated carbocycles. The van der Waals surface area contributed by atoms with Crippen LogP contribution in [0.4, 0.5) is 11.4 Å². The monoisotopic (exact) mass is 490 g/mol. The van der Waals surface area contributed by atoms with Crippen molar-refractivity contribution in [2.75, 3.05) is 36.4 Å². The molecule has 1 fully saturated rings. The average molecular weight is 491 g/mol. The van der Waals surface area contributed by atoms with Gasteiger partial charge >= 0.3 is 0 Å². The van der Waals surface area contributed by atoms with Crippen LogP contribution in [0.1, 0.15) is 11.1 Å². The molecule has 0 spiro atoms. The molecule has 0 atom stereocenters. The molecule has 1 saturated heterocycles. The molecule has 0 bridgehead atoms. The van der Waals surface area contributed by atoms with Gasteiger partial charge in [0.1, 0.15) is 0 Å². The van der Waals surface area contributed by atoms with E-state index in [2.05, 4.69) is 62.9 Å². The number of rotatable bonds is 6. The molecule has 4 rings (SSSR count). The van der Waals surface area contributed by atoms with Gasteiger partial charge in [-0.1, -0.05) is 54.1 Å². The van der Waals surface area contributed by atoms with Crippen LogP contribution < -0.4 is 15.5 Å². The van der Waals surface area contributed by atoms with Gasteiger partial charge in [-0.15, -0.1) is 0 Å². The zero-order valence-electron chi connectivity index (χ0n) is 18.8. The minimum atomic E-state index is -0.294. The largest absolute Gasteiger partial charge is 0.369 e. The van der Waals surface area contributed by atoms with E-state index in [4.69, 9.17) is 23.8 Å². The summed E-state index contributed by atoms with van der Waals surface area (Å²) < 4.78 is 0. The van der Waals surface area contributed by atoms with Gasteiger partial charge in [-0.05, 0) is 65.8 Å². The molecule has 0 radical (unpaired) electrons. The Balaban J connectivity index is 1.22. The number of thiocarbonyl (C=S) groups is 1. The number of piperazine rings is 1. The Bertz CT molecular complexity index is 1130. The summed E-state index contributed by atoms with van der Waals surface area (Å²) in [5, 5.41) is 6.64. The summed E-state index contributed by atoms with van der Waals surface area (Å²) >= 11 is 11.1. The lowest BCUT2D eigenvalue weighted by Crippen LogP contribution is -2.45. The molecular weight excluding hydrogens is 464 g/mol. The van der Waals surface area contributed by atoms with Crippen molar-refractivity contribution in [3.05, 3.63) is 101 Å². The second kappa shape index (κ2) is 11.8. The Labute approximate surface area is 211 Å². The lowest BCUT2D eigenvalue weighted by molar-refractivity contribution is -0.115. The zero-order chi connectivity index (χ0) is 23.8. The molecule has 174 valence electrons. The summed E-state index contributed by atoms with van der Waals surface area (Å²) in [6.45, 7) is 5.06. The Hall–Kier alpha value is -3.19. The number of nitrogens with zero attached hydrogens (tertiary/aromatic N) is 2. The third-order valence-corrected chi connectivity index (χ3v) is 6.10. The van der Waals surface area contributed by atoms with Crippen LogP contribution in [-0.4, -0.2) is 42.1 Å². The summed E-state index contributed by atoms with van der Waals surface area (Å²) in [4.78, 5) is 17.0. The molecule has 7 heteroatoms. The van der Waals surface area contributed by atoms with E-state index in [0.29, 0.717) is 5.02 Å². The molecular formula is C27H27ClN4OS. The van der Waals surface area contributed by atoms with Crippen molar-refractivity contribution in [1.29, 1.82) is 0 Å². The van der Waals surface area contributed by atoms with Crippen LogP contribution in [0.3, 0.4) is 0 Å². The lowest BCUT2D eigenvalue weighted by Gasteiger charge is -2.36. The van der Waals surface area contributed by atoms with E-state index >= 15 is 0 Å². The van der Waals surface area contributed by atoms with Gasteiger partial charge in [0.15, 0.2) is 5.11 Å².